The molecule has 0 fully saturated rings. The lowest BCUT2D eigenvalue weighted by atomic mass is 10.1. The monoisotopic (exact) mass is 398 g/mol. The largest absolute Gasteiger partial charge is 0.497 e. The van der Waals surface area contributed by atoms with E-state index in [4.69, 9.17) is 4.74 Å². The van der Waals surface area contributed by atoms with E-state index in [0.717, 1.165) is 23.1 Å². The van der Waals surface area contributed by atoms with Crippen molar-refractivity contribution in [1.29, 1.82) is 0 Å². The van der Waals surface area contributed by atoms with E-state index in [9.17, 15) is 4.79 Å². The van der Waals surface area contributed by atoms with Gasteiger partial charge in [-0.3, -0.25) is 9.78 Å². The quantitative estimate of drug-likeness (QED) is 0.478. The summed E-state index contributed by atoms with van der Waals surface area (Å²) in [6.07, 6.45) is 4.19. The summed E-state index contributed by atoms with van der Waals surface area (Å²) < 4.78 is 5.18. The van der Waals surface area contributed by atoms with Crippen LogP contribution in [-0.2, 0) is 6.42 Å². The molecule has 0 aliphatic heterocycles. The first kappa shape index (κ1) is 19.4. The molecule has 0 spiro atoms. The maximum atomic E-state index is 12.8. The normalized spacial score (nSPS) is 10.6. The molecule has 150 valence electrons. The molecule has 0 unspecified atom stereocenters. The first-order valence-electron chi connectivity index (χ1n) is 9.71. The fraction of sp³-hybridized carbons (Fsp3) is 0.125. The number of pyridine rings is 2. The van der Waals surface area contributed by atoms with Crippen molar-refractivity contribution in [2.24, 2.45) is 0 Å². The number of nitrogens with one attached hydrogen (secondary N) is 2. The Morgan fingerprint density at radius 1 is 0.967 bits per heavy atom. The molecule has 0 aliphatic carbocycles. The van der Waals surface area contributed by atoms with Crippen LogP contribution in [-0.4, -0.2) is 29.5 Å². The number of methoxy groups -OCH3 is 1. The highest BCUT2D eigenvalue weighted by Gasteiger charge is 2.10. The highest BCUT2D eigenvalue weighted by Crippen LogP contribution is 2.21. The van der Waals surface area contributed by atoms with Crippen molar-refractivity contribution >= 4 is 28.3 Å². The number of rotatable bonds is 7. The number of aromatic nitrogens is 2. The molecule has 0 aliphatic rings. The third-order valence-electron chi connectivity index (χ3n) is 4.78. The third-order valence-corrected chi connectivity index (χ3v) is 4.78. The summed E-state index contributed by atoms with van der Waals surface area (Å²) in [5.41, 5.74) is 3.18. The Balaban J connectivity index is 1.40. The molecule has 0 radical (unpaired) electrons. The van der Waals surface area contributed by atoms with Crippen molar-refractivity contribution in [2.75, 3.05) is 24.3 Å². The number of para-hydroxylation sites is 1. The van der Waals surface area contributed by atoms with E-state index >= 15 is 0 Å². The van der Waals surface area contributed by atoms with E-state index in [1.807, 2.05) is 54.6 Å². The van der Waals surface area contributed by atoms with Crippen LogP contribution in [0.2, 0.25) is 0 Å². The van der Waals surface area contributed by atoms with Gasteiger partial charge in [-0.2, -0.15) is 0 Å². The molecule has 0 atom stereocenters. The van der Waals surface area contributed by atoms with Crippen LogP contribution in [0.5, 0.6) is 5.75 Å². The van der Waals surface area contributed by atoms with Crippen LogP contribution in [0.25, 0.3) is 10.9 Å². The van der Waals surface area contributed by atoms with Gasteiger partial charge in [0.15, 0.2) is 0 Å². The number of carbonyl (C=O) groups excluding carboxylic acids is 1. The first-order chi connectivity index (χ1) is 14.7. The fourth-order valence-electron chi connectivity index (χ4n) is 3.20. The van der Waals surface area contributed by atoms with Gasteiger partial charge in [0.1, 0.15) is 11.6 Å². The smallest absolute Gasteiger partial charge is 0.255 e. The van der Waals surface area contributed by atoms with Gasteiger partial charge in [0.2, 0.25) is 0 Å². The topological polar surface area (TPSA) is 76.1 Å². The predicted molar refractivity (Wildman–Crippen MR) is 119 cm³/mol. The zero-order valence-electron chi connectivity index (χ0n) is 16.6. The van der Waals surface area contributed by atoms with E-state index in [-0.39, 0.29) is 5.91 Å². The lowest BCUT2D eigenvalue weighted by molar-refractivity contribution is 0.102. The molecule has 2 heterocycles. The minimum Gasteiger partial charge on any atom is -0.497 e. The van der Waals surface area contributed by atoms with Gasteiger partial charge >= 0.3 is 0 Å². The summed E-state index contributed by atoms with van der Waals surface area (Å²) in [6.45, 7) is 0.706. The van der Waals surface area contributed by atoms with Crippen molar-refractivity contribution in [3.05, 3.63) is 90.3 Å². The summed E-state index contributed by atoms with van der Waals surface area (Å²) in [4.78, 5) is 21.5. The number of amides is 1. The van der Waals surface area contributed by atoms with Crippen LogP contribution in [0, 0.1) is 0 Å². The summed E-state index contributed by atoms with van der Waals surface area (Å²) in [6, 6.07) is 21.0. The average Bonchev–Trinajstić information content (AvgIpc) is 2.80. The molecule has 4 aromatic rings. The van der Waals surface area contributed by atoms with Gasteiger partial charge in [-0.25, -0.2) is 4.98 Å². The molecule has 1 amide bonds. The third kappa shape index (κ3) is 4.55. The van der Waals surface area contributed by atoms with Gasteiger partial charge in [0, 0.05) is 29.9 Å². The van der Waals surface area contributed by atoms with Crippen molar-refractivity contribution in [3.63, 3.8) is 0 Å². The van der Waals surface area contributed by atoms with E-state index in [1.165, 1.54) is 5.56 Å². The standard InChI is InChI=1S/C24H22N4O2/c1-30-20-9-7-17(8-10-20)11-14-25-22-16-19(12-15-26-22)24(29)28-21-6-2-4-18-5-3-13-27-23(18)21/h2-10,12-13,15-16H,11,14H2,1H3,(H,25,26)(H,28,29). The predicted octanol–water partition coefficient (Wildman–Crippen LogP) is 4.55. The molecule has 2 N–H and O–H groups in total. The molecule has 6 heteroatoms. The Morgan fingerprint density at radius 2 is 1.80 bits per heavy atom. The van der Waals surface area contributed by atoms with Gasteiger partial charge in [0.05, 0.1) is 18.3 Å². The number of anilines is 2. The molecule has 2 aromatic heterocycles. The molecular formula is C24H22N4O2. The lowest BCUT2D eigenvalue weighted by Crippen LogP contribution is -2.14. The number of benzene rings is 2. The van der Waals surface area contributed by atoms with Crippen LogP contribution < -0.4 is 15.4 Å². The Hall–Kier alpha value is -3.93. The number of nitrogens with zero attached hydrogens (tertiary/aromatic N) is 2. The van der Waals surface area contributed by atoms with Gasteiger partial charge < -0.3 is 15.4 Å². The average molecular weight is 398 g/mol. The maximum absolute atomic E-state index is 12.8. The summed E-state index contributed by atoms with van der Waals surface area (Å²) in [5, 5.41) is 7.21. The van der Waals surface area contributed by atoms with Crippen LogP contribution >= 0.6 is 0 Å². The van der Waals surface area contributed by atoms with Crippen molar-refractivity contribution < 1.29 is 9.53 Å². The van der Waals surface area contributed by atoms with Gasteiger partial charge in [-0.15, -0.1) is 0 Å². The van der Waals surface area contributed by atoms with Crippen molar-refractivity contribution in [2.45, 2.75) is 6.42 Å². The molecule has 30 heavy (non-hydrogen) atoms. The number of carbonyl (C=O) groups is 1. The molecule has 0 bridgehead atoms. The minimum atomic E-state index is -0.200. The van der Waals surface area contributed by atoms with Crippen LogP contribution in [0.3, 0.4) is 0 Å². The van der Waals surface area contributed by atoms with E-state index < -0.39 is 0 Å². The highest BCUT2D eigenvalue weighted by atomic mass is 16.5. The number of hydrogen-bond acceptors (Lipinski definition) is 5. The second kappa shape index (κ2) is 9.05. The lowest BCUT2D eigenvalue weighted by Gasteiger charge is -2.10. The molecule has 6 nitrogen and oxygen atoms in total. The second-order valence-electron chi connectivity index (χ2n) is 6.79. The molecule has 4 rings (SSSR count). The fourth-order valence-corrected chi connectivity index (χ4v) is 3.20. The van der Waals surface area contributed by atoms with Gasteiger partial charge in [-0.05, 0) is 48.4 Å². The van der Waals surface area contributed by atoms with Crippen LogP contribution in [0.4, 0.5) is 11.5 Å². The molecular weight excluding hydrogens is 376 g/mol. The van der Waals surface area contributed by atoms with Crippen molar-refractivity contribution in [1.82, 2.24) is 9.97 Å². The number of ether oxygens (including phenoxy) is 1. The second-order valence-corrected chi connectivity index (χ2v) is 6.79. The molecule has 0 saturated carbocycles. The Labute approximate surface area is 175 Å². The van der Waals surface area contributed by atoms with Gasteiger partial charge in [0.25, 0.3) is 5.91 Å². The van der Waals surface area contributed by atoms with Crippen LogP contribution in [0.15, 0.2) is 79.1 Å². The number of fused-ring (bicyclic) bond motifs is 1. The number of hydrogen-bond donors (Lipinski definition) is 2. The molecule has 2 aromatic carbocycles. The summed E-state index contributed by atoms with van der Waals surface area (Å²) >= 11 is 0. The van der Waals surface area contributed by atoms with E-state index in [1.54, 1.807) is 31.6 Å². The summed E-state index contributed by atoms with van der Waals surface area (Å²) in [5.74, 6) is 1.30. The zero-order valence-corrected chi connectivity index (χ0v) is 16.6. The first-order valence-corrected chi connectivity index (χ1v) is 9.71. The van der Waals surface area contributed by atoms with E-state index in [2.05, 4.69) is 20.6 Å². The Bertz CT molecular complexity index is 1150. The summed E-state index contributed by atoms with van der Waals surface area (Å²) in [7, 11) is 1.65. The van der Waals surface area contributed by atoms with Crippen molar-refractivity contribution in [3.8, 4) is 5.75 Å². The highest BCUT2D eigenvalue weighted by molar-refractivity contribution is 6.08. The molecule has 0 saturated heterocycles. The Morgan fingerprint density at radius 3 is 2.63 bits per heavy atom. The zero-order chi connectivity index (χ0) is 20.8. The van der Waals surface area contributed by atoms with Gasteiger partial charge in [-0.1, -0.05) is 30.3 Å². The Kier molecular flexibility index (Phi) is 5.85. The minimum absolute atomic E-state index is 0.200. The SMILES string of the molecule is COc1ccc(CCNc2cc(C(=O)Nc3cccc4cccnc34)ccn2)cc1. The van der Waals surface area contributed by atoms with E-state index in [0.29, 0.717) is 23.6 Å². The maximum Gasteiger partial charge on any atom is 0.255 e. The van der Waals surface area contributed by atoms with Crippen LogP contribution in [0.1, 0.15) is 15.9 Å².